The van der Waals surface area contributed by atoms with Crippen molar-refractivity contribution in [3.63, 3.8) is 0 Å². The third kappa shape index (κ3) is 3.61. The lowest BCUT2D eigenvalue weighted by Crippen LogP contribution is -2.45. The van der Waals surface area contributed by atoms with Crippen LogP contribution < -0.4 is 10.6 Å². The van der Waals surface area contributed by atoms with Gasteiger partial charge in [0, 0.05) is 15.7 Å². The van der Waals surface area contributed by atoms with Gasteiger partial charge in [0.15, 0.2) is 5.11 Å². The third-order valence-corrected chi connectivity index (χ3v) is 3.88. The molecule has 0 radical (unpaired) electrons. The van der Waals surface area contributed by atoms with Gasteiger partial charge >= 0.3 is 5.97 Å². The number of halogens is 2. The van der Waals surface area contributed by atoms with Crippen LogP contribution in [0.1, 0.15) is 18.5 Å². The van der Waals surface area contributed by atoms with Crippen LogP contribution in [-0.2, 0) is 9.53 Å². The monoisotopic (exact) mass is 356 g/mol. The van der Waals surface area contributed by atoms with E-state index in [0.717, 1.165) is 0 Å². The minimum atomic E-state index is -0.504. The number of hydrogen-bond acceptors (Lipinski definition) is 3. The lowest BCUT2D eigenvalue weighted by molar-refractivity contribution is -0.138. The fraction of sp³-hybridized carbons (Fsp3) is 0.200. The predicted molar refractivity (Wildman–Crippen MR) is 91.9 cm³/mol. The zero-order chi connectivity index (χ0) is 16.3. The molecule has 1 aliphatic heterocycles. The minimum Gasteiger partial charge on any atom is -0.458 e. The Morgan fingerprint density at radius 1 is 1.50 bits per heavy atom. The number of allylic oxidation sites excluding steroid dienone is 1. The average Bonchev–Trinajstić information content (AvgIpc) is 2.44. The fourth-order valence-corrected chi connectivity index (χ4v) is 2.93. The standard InChI is InChI=1S/C15H14Cl2N2O2S/c1-3-6-21-14(20)12-8(2)18-15(22)19-13(12)10-5-4-9(16)7-11(10)17/h3-5,7,13H,1,6H2,2H3,(H2,18,19,22)/t13-/m1/s1. The van der Waals surface area contributed by atoms with Crippen LogP contribution >= 0.6 is 35.4 Å². The zero-order valence-corrected chi connectivity index (χ0v) is 14.1. The summed E-state index contributed by atoms with van der Waals surface area (Å²) in [7, 11) is 0. The molecule has 116 valence electrons. The fourth-order valence-electron chi connectivity index (χ4n) is 2.15. The second-order valence-electron chi connectivity index (χ2n) is 4.62. The number of nitrogens with one attached hydrogen (secondary N) is 2. The molecule has 0 bridgehead atoms. The largest absolute Gasteiger partial charge is 0.458 e. The molecular weight excluding hydrogens is 343 g/mol. The van der Waals surface area contributed by atoms with Crippen molar-refractivity contribution in [3.8, 4) is 0 Å². The summed E-state index contributed by atoms with van der Waals surface area (Å²) in [6.45, 7) is 5.41. The summed E-state index contributed by atoms with van der Waals surface area (Å²) in [6, 6.07) is 4.57. The van der Waals surface area contributed by atoms with Crippen molar-refractivity contribution in [2.24, 2.45) is 0 Å². The van der Waals surface area contributed by atoms with Crippen LogP contribution in [0.2, 0.25) is 10.0 Å². The van der Waals surface area contributed by atoms with Crippen molar-refractivity contribution >= 4 is 46.5 Å². The van der Waals surface area contributed by atoms with Crippen molar-refractivity contribution in [1.82, 2.24) is 10.6 Å². The van der Waals surface area contributed by atoms with E-state index in [-0.39, 0.29) is 6.61 Å². The van der Waals surface area contributed by atoms with Crippen LogP contribution in [0.15, 0.2) is 42.1 Å². The molecule has 0 amide bonds. The molecule has 22 heavy (non-hydrogen) atoms. The normalized spacial score (nSPS) is 17.6. The lowest BCUT2D eigenvalue weighted by atomic mass is 9.95. The Bertz CT molecular complexity index is 674. The maximum atomic E-state index is 12.3. The van der Waals surface area contributed by atoms with E-state index in [9.17, 15) is 4.79 Å². The number of esters is 1. The minimum absolute atomic E-state index is 0.126. The molecule has 0 fully saturated rings. The van der Waals surface area contributed by atoms with Crippen LogP contribution in [0.4, 0.5) is 0 Å². The highest BCUT2D eigenvalue weighted by Gasteiger charge is 2.32. The van der Waals surface area contributed by atoms with E-state index < -0.39 is 12.0 Å². The Morgan fingerprint density at radius 2 is 2.23 bits per heavy atom. The van der Waals surface area contributed by atoms with E-state index in [1.165, 1.54) is 6.08 Å². The molecule has 0 aliphatic carbocycles. The maximum Gasteiger partial charge on any atom is 0.338 e. The van der Waals surface area contributed by atoms with E-state index in [2.05, 4.69) is 17.2 Å². The molecular formula is C15H14Cl2N2O2S. The van der Waals surface area contributed by atoms with Gasteiger partial charge in [-0.05, 0) is 36.8 Å². The smallest absolute Gasteiger partial charge is 0.338 e. The summed E-state index contributed by atoms with van der Waals surface area (Å²) in [5.74, 6) is -0.462. The highest BCUT2D eigenvalue weighted by Crippen LogP contribution is 2.33. The zero-order valence-electron chi connectivity index (χ0n) is 11.8. The van der Waals surface area contributed by atoms with Gasteiger partial charge < -0.3 is 15.4 Å². The van der Waals surface area contributed by atoms with Gasteiger partial charge in [-0.25, -0.2) is 4.79 Å². The van der Waals surface area contributed by atoms with E-state index in [4.69, 9.17) is 40.2 Å². The molecule has 1 atom stereocenters. The first-order valence-corrected chi connectivity index (χ1v) is 7.61. The van der Waals surface area contributed by atoms with E-state index in [0.29, 0.717) is 32.0 Å². The molecule has 1 aliphatic rings. The summed E-state index contributed by atoms with van der Waals surface area (Å²) >= 11 is 17.3. The van der Waals surface area contributed by atoms with Crippen molar-refractivity contribution in [3.05, 3.63) is 57.7 Å². The van der Waals surface area contributed by atoms with Crippen molar-refractivity contribution in [2.45, 2.75) is 13.0 Å². The van der Waals surface area contributed by atoms with Gasteiger partial charge in [0.25, 0.3) is 0 Å². The average molecular weight is 357 g/mol. The SMILES string of the molecule is C=CCOC(=O)C1=C(C)NC(=S)N[C@@H]1c1ccc(Cl)cc1Cl. The van der Waals surface area contributed by atoms with Gasteiger partial charge in [-0.15, -0.1) is 0 Å². The quantitative estimate of drug-likeness (QED) is 0.491. The summed E-state index contributed by atoms with van der Waals surface area (Å²) < 4.78 is 5.14. The number of benzene rings is 1. The molecule has 0 unspecified atom stereocenters. The molecule has 0 aromatic heterocycles. The summed E-state index contributed by atoms with van der Waals surface area (Å²) in [5.41, 5.74) is 1.73. The number of hydrogen-bond donors (Lipinski definition) is 2. The van der Waals surface area contributed by atoms with Gasteiger partial charge in [-0.3, -0.25) is 0 Å². The van der Waals surface area contributed by atoms with E-state index in [1.807, 2.05) is 0 Å². The molecule has 2 N–H and O–H groups in total. The number of carbonyl (C=O) groups excluding carboxylic acids is 1. The first-order chi connectivity index (χ1) is 10.4. The number of carbonyl (C=O) groups is 1. The third-order valence-electron chi connectivity index (χ3n) is 3.09. The number of rotatable bonds is 4. The van der Waals surface area contributed by atoms with E-state index >= 15 is 0 Å². The highest BCUT2D eigenvalue weighted by molar-refractivity contribution is 7.80. The molecule has 1 heterocycles. The van der Waals surface area contributed by atoms with Crippen LogP contribution in [0.5, 0.6) is 0 Å². The van der Waals surface area contributed by atoms with Gasteiger partial charge in [0.1, 0.15) is 6.61 Å². The van der Waals surface area contributed by atoms with Gasteiger partial charge in [-0.2, -0.15) is 0 Å². The van der Waals surface area contributed by atoms with Crippen LogP contribution in [0, 0.1) is 0 Å². The first kappa shape index (κ1) is 16.8. The second-order valence-corrected chi connectivity index (χ2v) is 5.88. The van der Waals surface area contributed by atoms with Crippen molar-refractivity contribution < 1.29 is 9.53 Å². The van der Waals surface area contributed by atoms with Crippen molar-refractivity contribution in [2.75, 3.05) is 6.61 Å². The summed E-state index contributed by atoms with van der Waals surface area (Å²) in [5, 5.41) is 7.33. The molecule has 1 aromatic carbocycles. The van der Waals surface area contributed by atoms with Crippen molar-refractivity contribution in [1.29, 1.82) is 0 Å². The molecule has 2 rings (SSSR count). The molecule has 0 spiro atoms. The molecule has 0 saturated carbocycles. The first-order valence-electron chi connectivity index (χ1n) is 6.45. The molecule has 0 saturated heterocycles. The predicted octanol–water partition coefficient (Wildman–Crippen LogP) is 3.52. The van der Waals surface area contributed by atoms with Gasteiger partial charge in [0.05, 0.1) is 11.6 Å². The van der Waals surface area contributed by atoms with Gasteiger partial charge in [-0.1, -0.05) is 41.9 Å². The van der Waals surface area contributed by atoms with E-state index in [1.54, 1.807) is 25.1 Å². The molecule has 1 aromatic rings. The van der Waals surface area contributed by atoms with Crippen LogP contribution in [0.3, 0.4) is 0 Å². The Balaban J connectivity index is 2.45. The van der Waals surface area contributed by atoms with Crippen LogP contribution in [-0.4, -0.2) is 17.7 Å². The Morgan fingerprint density at radius 3 is 2.86 bits per heavy atom. The Labute approximate surface area is 144 Å². The van der Waals surface area contributed by atoms with Crippen LogP contribution in [0.25, 0.3) is 0 Å². The highest BCUT2D eigenvalue weighted by atomic mass is 35.5. The Kier molecular flexibility index (Phi) is 5.45. The summed E-state index contributed by atoms with van der Waals surface area (Å²) in [6.07, 6.45) is 1.51. The second kappa shape index (κ2) is 7.13. The number of ether oxygens (including phenoxy) is 1. The lowest BCUT2D eigenvalue weighted by Gasteiger charge is -2.30. The Hall–Kier alpha value is -1.56. The molecule has 7 heteroatoms. The molecule has 4 nitrogen and oxygen atoms in total. The maximum absolute atomic E-state index is 12.3. The van der Waals surface area contributed by atoms with Gasteiger partial charge in [0.2, 0.25) is 0 Å². The summed E-state index contributed by atoms with van der Waals surface area (Å²) in [4.78, 5) is 12.3. The number of thiocarbonyl (C=S) groups is 1. The topological polar surface area (TPSA) is 50.4 Å².